The third-order valence-corrected chi connectivity index (χ3v) is 4.45. The maximum absolute atomic E-state index is 12.8. The van der Waals surface area contributed by atoms with Crippen molar-refractivity contribution in [3.8, 4) is 5.75 Å². The minimum atomic E-state index is -0.480. The maximum atomic E-state index is 12.8. The molecule has 0 aliphatic carbocycles. The molecule has 1 atom stereocenters. The third kappa shape index (κ3) is 3.50. The van der Waals surface area contributed by atoms with Crippen molar-refractivity contribution >= 4 is 17.5 Å². The summed E-state index contributed by atoms with van der Waals surface area (Å²) in [7, 11) is 1.60. The maximum Gasteiger partial charge on any atom is 0.255 e. The van der Waals surface area contributed by atoms with Crippen molar-refractivity contribution in [3.63, 3.8) is 0 Å². The van der Waals surface area contributed by atoms with Gasteiger partial charge in [0.05, 0.1) is 7.11 Å². The summed E-state index contributed by atoms with van der Waals surface area (Å²) in [5.41, 5.74) is 2.36. The Hall–Kier alpha value is -2.82. The van der Waals surface area contributed by atoms with E-state index in [1.54, 1.807) is 36.3 Å². The number of hydrogen-bond acceptors (Lipinski definition) is 3. The number of nitrogens with one attached hydrogen (secondary N) is 1. The molecule has 0 spiro atoms. The summed E-state index contributed by atoms with van der Waals surface area (Å²) in [5.74, 6) is 0.500. The van der Waals surface area contributed by atoms with Crippen molar-refractivity contribution in [2.45, 2.75) is 32.4 Å². The zero-order valence-corrected chi connectivity index (χ0v) is 14.5. The lowest BCUT2D eigenvalue weighted by molar-refractivity contribution is -0.120. The minimum absolute atomic E-state index is 0.0704. The van der Waals surface area contributed by atoms with Crippen molar-refractivity contribution in [1.29, 1.82) is 0 Å². The summed E-state index contributed by atoms with van der Waals surface area (Å²) in [4.78, 5) is 27.2. The summed E-state index contributed by atoms with van der Waals surface area (Å²) in [5, 5.41) is 2.91. The van der Waals surface area contributed by atoms with E-state index in [0.717, 1.165) is 17.7 Å². The molecule has 0 saturated carbocycles. The number of anilines is 1. The van der Waals surface area contributed by atoms with Crippen LogP contribution in [-0.4, -0.2) is 29.9 Å². The molecular formula is C20H22N2O3. The molecule has 25 heavy (non-hydrogen) atoms. The van der Waals surface area contributed by atoms with Crippen molar-refractivity contribution in [2.75, 3.05) is 12.4 Å². The summed E-state index contributed by atoms with van der Waals surface area (Å²) in [6.45, 7) is 2.50. The van der Waals surface area contributed by atoms with Gasteiger partial charge in [0.25, 0.3) is 5.91 Å². The normalized spacial score (nSPS) is 14.2. The zero-order chi connectivity index (χ0) is 17.8. The first kappa shape index (κ1) is 17.0. The monoisotopic (exact) mass is 338 g/mol. The molecule has 0 radical (unpaired) electrons. The number of amides is 2. The van der Waals surface area contributed by atoms with E-state index in [9.17, 15) is 9.59 Å². The van der Waals surface area contributed by atoms with E-state index >= 15 is 0 Å². The quantitative estimate of drug-likeness (QED) is 0.877. The van der Waals surface area contributed by atoms with Crippen LogP contribution in [0.25, 0.3) is 0 Å². The van der Waals surface area contributed by atoms with Gasteiger partial charge in [0, 0.05) is 17.8 Å². The summed E-state index contributed by atoms with van der Waals surface area (Å²) in [6.07, 6.45) is 1.45. The first-order valence-corrected chi connectivity index (χ1v) is 8.47. The first-order chi connectivity index (χ1) is 12.1. The van der Waals surface area contributed by atoms with Gasteiger partial charge in [0.1, 0.15) is 11.8 Å². The Morgan fingerprint density at radius 2 is 1.92 bits per heavy atom. The van der Waals surface area contributed by atoms with Gasteiger partial charge < -0.3 is 15.0 Å². The summed E-state index contributed by atoms with van der Waals surface area (Å²) >= 11 is 0. The Morgan fingerprint density at radius 3 is 2.56 bits per heavy atom. The SMILES string of the molecule is CCC[C@H](C(=O)Nc1ccc(OC)cc1)N1Cc2ccccc2C1=O. The average molecular weight is 338 g/mol. The molecule has 0 bridgehead atoms. The lowest BCUT2D eigenvalue weighted by atomic mass is 10.1. The second-order valence-electron chi connectivity index (χ2n) is 6.11. The van der Waals surface area contributed by atoms with E-state index in [0.29, 0.717) is 24.2 Å². The van der Waals surface area contributed by atoms with Gasteiger partial charge in [-0.1, -0.05) is 31.5 Å². The van der Waals surface area contributed by atoms with Crippen LogP contribution in [0.3, 0.4) is 0 Å². The third-order valence-electron chi connectivity index (χ3n) is 4.45. The highest BCUT2D eigenvalue weighted by Gasteiger charge is 2.35. The molecule has 5 heteroatoms. The fraction of sp³-hybridized carbons (Fsp3) is 0.300. The van der Waals surface area contributed by atoms with E-state index in [-0.39, 0.29) is 11.8 Å². The molecule has 2 aromatic carbocycles. The number of fused-ring (bicyclic) bond motifs is 1. The molecule has 5 nitrogen and oxygen atoms in total. The standard InChI is InChI=1S/C20H22N2O3/c1-3-6-18(19(23)21-15-9-11-16(25-2)12-10-15)22-13-14-7-4-5-8-17(14)20(22)24/h4-5,7-12,18H,3,6,13H2,1-2H3,(H,21,23)/t18-/m1/s1. The molecule has 130 valence electrons. The predicted octanol–water partition coefficient (Wildman–Crippen LogP) is 3.46. The summed E-state index contributed by atoms with van der Waals surface area (Å²) in [6, 6.07) is 14.2. The molecule has 0 saturated heterocycles. The lowest BCUT2D eigenvalue weighted by Gasteiger charge is -2.26. The van der Waals surface area contributed by atoms with Crippen LogP contribution in [0.15, 0.2) is 48.5 Å². The van der Waals surface area contributed by atoms with Crippen LogP contribution >= 0.6 is 0 Å². The van der Waals surface area contributed by atoms with Crippen molar-refractivity contribution in [2.24, 2.45) is 0 Å². The molecule has 1 aliphatic heterocycles. The van der Waals surface area contributed by atoms with Crippen molar-refractivity contribution in [1.82, 2.24) is 4.90 Å². The molecule has 0 unspecified atom stereocenters. The molecule has 2 amide bonds. The molecule has 2 aromatic rings. The zero-order valence-electron chi connectivity index (χ0n) is 14.5. The Kier molecular flexibility index (Phi) is 5.03. The average Bonchev–Trinajstić information content (AvgIpc) is 2.97. The smallest absolute Gasteiger partial charge is 0.255 e. The van der Waals surface area contributed by atoms with Gasteiger partial charge in [0.15, 0.2) is 0 Å². The molecule has 3 rings (SSSR count). The highest BCUT2D eigenvalue weighted by molar-refractivity contribution is 6.03. The first-order valence-electron chi connectivity index (χ1n) is 8.47. The molecule has 1 N–H and O–H groups in total. The van der Waals surface area contributed by atoms with E-state index in [1.807, 2.05) is 31.2 Å². The Bertz CT molecular complexity index is 771. The van der Waals surface area contributed by atoms with Crippen LogP contribution in [0.5, 0.6) is 5.75 Å². The molecule has 1 heterocycles. The second kappa shape index (κ2) is 7.38. The van der Waals surface area contributed by atoms with E-state index in [2.05, 4.69) is 5.32 Å². The van der Waals surface area contributed by atoms with Crippen molar-refractivity contribution < 1.29 is 14.3 Å². The highest BCUT2D eigenvalue weighted by Crippen LogP contribution is 2.26. The Balaban J connectivity index is 1.76. The minimum Gasteiger partial charge on any atom is -0.497 e. The lowest BCUT2D eigenvalue weighted by Crippen LogP contribution is -2.44. The second-order valence-corrected chi connectivity index (χ2v) is 6.11. The molecule has 0 aromatic heterocycles. The number of hydrogen-bond donors (Lipinski definition) is 1. The van der Waals surface area contributed by atoms with Gasteiger partial charge in [-0.05, 0) is 42.3 Å². The molecular weight excluding hydrogens is 316 g/mol. The van der Waals surface area contributed by atoms with Crippen LogP contribution in [0.1, 0.15) is 35.7 Å². The number of carbonyl (C=O) groups excluding carboxylic acids is 2. The van der Waals surface area contributed by atoms with Crippen LogP contribution in [0.2, 0.25) is 0 Å². The van der Waals surface area contributed by atoms with E-state index in [1.165, 1.54) is 0 Å². The fourth-order valence-electron chi connectivity index (χ4n) is 3.13. The van der Waals surface area contributed by atoms with Gasteiger partial charge in [0.2, 0.25) is 5.91 Å². The van der Waals surface area contributed by atoms with Crippen molar-refractivity contribution in [3.05, 3.63) is 59.7 Å². The number of carbonyl (C=O) groups is 2. The Morgan fingerprint density at radius 1 is 1.20 bits per heavy atom. The number of benzene rings is 2. The fourth-order valence-corrected chi connectivity index (χ4v) is 3.13. The van der Waals surface area contributed by atoms with Crippen LogP contribution in [0, 0.1) is 0 Å². The van der Waals surface area contributed by atoms with Gasteiger partial charge in [-0.2, -0.15) is 0 Å². The number of rotatable bonds is 6. The van der Waals surface area contributed by atoms with E-state index < -0.39 is 6.04 Å². The highest BCUT2D eigenvalue weighted by atomic mass is 16.5. The van der Waals surface area contributed by atoms with Gasteiger partial charge in [-0.25, -0.2) is 0 Å². The number of methoxy groups -OCH3 is 1. The number of ether oxygens (including phenoxy) is 1. The topological polar surface area (TPSA) is 58.6 Å². The van der Waals surface area contributed by atoms with Crippen LogP contribution < -0.4 is 10.1 Å². The predicted molar refractivity (Wildman–Crippen MR) is 96.6 cm³/mol. The largest absolute Gasteiger partial charge is 0.497 e. The Labute approximate surface area is 147 Å². The molecule has 0 fully saturated rings. The van der Waals surface area contributed by atoms with Gasteiger partial charge in [-0.15, -0.1) is 0 Å². The molecule has 1 aliphatic rings. The van der Waals surface area contributed by atoms with Crippen LogP contribution in [0.4, 0.5) is 5.69 Å². The van der Waals surface area contributed by atoms with Crippen LogP contribution in [-0.2, 0) is 11.3 Å². The summed E-state index contributed by atoms with van der Waals surface area (Å²) < 4.78 is 5.13. The van der Waals surface area contributed by atoms with Gasteiger partial charge in [-0.3, -0.25) is 9.59 Å². The number of nitrogens with zero attached hydrogens (tertiary/aromatic N) is 1. The van der Waals surface area contributed by atoms with Gasteiger partial charge >= 0.3 is 0 Å². The van der Waals surface area contributed by atoms with E-state index in [4.69, 9.17) is 4.74 Å².